The number of carboxylic acid groups (broad SMARTS) is 1. The number of carbonyl (C=O) groups is 2. The van der Waals surface area contributed by atoms with Crippen molar-refractivity contribution in [3.63, 3.8) is 0 Å². The third kappa shape index (κ3) is 7.37. The monoisotopic (exact) mass is 366 g/mol. The Hall–Kier alpha value is -2.19. The number of rotatable bonds is 7. The lowest BCUT2D eigenvalue weighted by molar-refractivity contribution is -0.122. The predicted molar refractivity (Wildman–Crippen MR) is 100 cm³/mol. The van der Waals surface area contributed by atoms with Gasteiger partial charge in [-0.25, -0.2) is 4.98 Å². The number of hydrogen-bond donors (Lipinski definition) is 3. The molecule has 0 aliphatic carbocycles. The second-order valence-corrected chi connectivity index (χ2v) is 6.39. The van der Waals surface area contributed by atoms with Gasteiger partial charge < -0.3 is 20.4 Å². The van der Waals surface area contributed by atoms with Gasteiger partial charge in [-0.2, -0.15) is 0 Å². The molecule has 0 radical (unpaired) electrons. The van der Waals surface area contributed by atoms with E-state index in [2.05, 4.69) is 15.2 Å². The molecule has 0 saturated carbocycles. The van der Waals surface area contributed by atoms with Crippen molar-refractivity contribution in [2.24, 2.45) is 0 Å². The molecule has 1 saturated heterocycles. The van der Waals surface area contributed by atoms with Crippen LogP contribution in [0.4, 0.5) is 5.82 Å². The molecule has 1 aromatic heterocycles. The van der Waals surface area contributed by atoms with Gasteiger partial charge in [0.25, 0.3) is 12.4 Å². The molecule has 146 valence electrons. The lowest BCUT2D eigenvalue weighted by atomic mass is 10.0. The number of carbonyl (C=O) groups excluding carboxylic acids is 1. The average molecular weight is 366 g/mol. The topological polar surface area (TPSA) is 106 Å². The summed E-state index contributed by atoms with van der Waals surface area (Å²) < 4.78 is 0. The first-order chi connectivity index (χ1) is 12.5. The quantitative estimate of drug-likeness (QED) is 0.491. The highest BCUT2D eigenvalue weighted by Gasteiger charge is 2.20. The molecule has 1 fully saturated rings. The second kappa shape index (κ2) is 12.2. The number of likely N-dealkylation sites (tertiary alicyclic amines) is 1. The summed E-state index contributed by atoms with van der Waals surface area (Å²) in [5.41, 5.74) is 0.597. The summed E-state index contributed by atoms with van der Waals surface area (Å²) in [6, 6.07) is 3.97. The second-order valence-electron chi connectivity index (χ2n) is 6.39. The summed E-state index contributed by atoms with van der Waals surface area (Å²) in [6.45, 7) is 2.93. The van der Waals surface area contributed by atoms with Crippen LogP contribution in [-0.4, -0.2) is 83.8 Å². The van der Waals surface area contributed by atoms with Gasteiger partial charge in [-0.15, -0.1) is 0 Å². The highest BCUT2D eigenvalue weighted by molar-refractivity contribution is 5.93. The van der Waals surface area contributed by atoms with Gasteiger partial charge in [0.15, 0.2) is 0 Å². The van der Waals surface area contributed by atoms with Crippen LogP contribution in [0.5, 0.6) is 0 Å². The maximum absolute atomic E-state index is 11.8. The van der Waals surface area contributed by atoms with Crippen molar-refractivity contribution >= 4 is 18.2 Å². The fraction of sp³-hybridized carbons (Fsp3) is 0.611. The van der Waals surface area contributed by atoms with Crippen LogP contribution < -0.4 is 5.32 Å². The van der Waals surface area contributed by atoms with Crippen molar-refractivity contribution in [1.29, 1.82) is 0 Å². The molecular formula is C18H30N4O4. The SMILES string of the molecule is CN(C)C(=O)c1ccc(NCCCN2CCCCC2CO)nc1.O=CO. The third-order valence-corrected chi connectivity index (χ3v) is 4.30. The number of anilines is 1. The molecule has 1 amide bonds. The first-order valence-electron chi connectivity index (χ1n) is 8.87. The Morgan fingerprint density at radius 3 is 2.73 bits per heavy atom. The van der Waals surface area contributed by atoms with Gasteiger partial charge in [-0.1, -0.05) is 6.42 Å². The summed E-state index contributed by atoms with van der Waals surface area (Å²) in [5, 5.41) is 19.6. The summed E-state index contributed by atoms with van der Waals surface area (Å²) >= 11 is 0. The minimum absolute atomic E-state index is 0.0378. The Kier molecular flexibility index (Phi) is 10.3. The standard InChI is InChI=1S/C17H28N4O2.CH2O2/c1-20(2)17(23)14-7-8-16(19-12-14)18-9-5-11-21-10-4-3-6-15(21)13-22;2-1-3/h7-8,12,15,22H,3-6,9-11,13H2,1-2H3,(H,18,19);1H,(H,2,3). The van der Waals surface area contributed by atoms with Gasteiger partial charge in [0.1, 0.15) is 5.82 Å². The Morgan fingerprint density at radius 1 is 1.42 bits per heavy atom. The van der Waals surface area contributed by atoms with Crippen LogP contribution in [-0.2, 0) is 4.79 Å². The van der Waals surface area contributed by atoms with E-state index in [-0.39, 0.29) is 19.0 Å². The number of aromatic nitrogens is 1. The maximum Gasteiger partial charge on any atom is 0.290 e. The fourth-order valence-corrected chi connectivity index (χ4v) is 2.94. The average Bonchev–Trinajstić information content (AvgIpc) is 2.66. The Morgan fingerprint density at radius 2 is 2.15 bits per heavy atom. The third-order valence-electron chi connectivity index (χ3n) is 4.30. The number of nitrogens with one attached hydrogen (secondary N) is 1. The molecule has 1 unspecified atom stereocenters. The smallest absolute Gasteiger partial charge is 0.290 e. The van der Waals surface area contributed by atoms with Crippen molar-refractivity contribution in [2.75, 3.05) is 45.7 Å². The van der Waals surface area contributed by atoms with Gasteiger partial charge in [-0.05, 0) is 37.9 Å². The molecule has 2 rings (SSSR count). The van der Waals surface area contributed by atoms with Crippen LogP contribution in [0.1, 0.15) is 36.0 Å². The number of piperidine rings is 1. The van der Waals surface area contributed by atoms with Crippen molar-refractivity contribution in [3.05, 3.63) is 23.9 Å². The lowest BCUT2D eigenvalue weighted by Crippen LogP contribution is -2.42. The first-order valence-corrected chi connectivity index (χ1v) is 8.87. The largest absolute Gasteiger partial charge is 0.483 e. The molecule has 3 N–H and O–H groups in total. The van der Waals surface area contributed by atoms with E-state index >= 15 is 0 Å². The van der Waals surface area contributed by atoms with Gasteiger partial charge in [-0.3, -0.25) is 14.5 Å². The van der Waals surface area contributed by atoms with E-state index in [1.807, 2.05) is 6.07 Å². The normalized spacial score (nSPS) is 17.0. The van der Waals surface area contributed by atoms with Gasteiger partial charge in [0.2, 0.25) is 0 Å². The highest BCUT2D eigenvalue weighted by Crippen LogP contribution is 2.16. The van der Waals surface area contributed by atoms with Crippen LogP contribution in [0.2, 0.25) is 0 Å². The molecule has 0 bridgehead atoms. The number of nitrogens with zero attached hydrogens (tertiary/aromatic N) is 3. The zero-order valence-corrected chi connectivity index (χ0v) is 15.6. The molecule has 8 heteroatoms. The van der Waals surface area contributed by atoms with E-state index in [1.54, 1.807) is 31.3 Å². The van der Waals surface area contributed by atoms with Gasteiger partial charge in [0.05, 0.1) is 12.2 Å². The molecule has 1 aliphatic rings. The molecule has 1 aromatic rings. The van der Waals surface area contributed by atoms with E-state index in [9.17, 15) is 9.90 Å². The maximum atomic E-state index is 11.8. The van der Waals surface area contributed by atoms with E-state index in [0.717, 1.165) is 38.3 Å². The van der Waals surface area contributed by atoms with Crippen LogP contribution in [0.3, 0.4) is 0 Å². The molecule has 1 atom stereocenters. The van der Waals surface area contributed by atoms with Crippen molar-refractivity contribution in [3.8, 4) is 0 Å². The Labute approximate surface area is 154 Å². The van der Waals surface area contributed by atoms with Crippen molar-refractivity contribution in [2.45, 2.75) is 31.7 Å². The fourth-order valence-electron chi connectivity index (χ4n) is 2.94. The van der Waals surface area contributed by atoms with Crippen LogP contribution in [0.25, 0.3) is 0 Å². The molecule has 1 aliphatic heterocycles. The summed E-state index contributed by atoms with van der Waals surface area (Å²) in [5.74, 6) is 0.752. The minimum atomic E-state index is -0.250. The van der Waals surface area contributed by atoms with Gasteiger partial charge in [0, 0.05) is 39.4 Å². The molecule has 0 aromatic carbocycles. The van der Waals surface area contributed by atoms with Gasteiger partial charge >= 0.3 is 0 Å². The molecule has 26 heavy (non-hydrogen) atoms. The zero-order valence-electron chi connectivity index (χ0n) is 15.6. The van der Waals surface area contributed by atoms with E-state index < -0.39 is 0 Å². The summed E-state index contributed by atoms with van der Waals surface area (Å²) in [7, 11) is 3.46. The lowest BCUT2D eigenvalue weighted by Gasteiger charge is -2.34. The number of hydrogen-bond acceptors (Lipinski definition) is 6. The molecule has 8 nitrogen and oxygen atoms in total. The van der Waals surface area contributed by atoms with E-state index in [1.165, 1.54) is 12.8 Å². The molecule has 2 heterocycles. The number of amides is 1. The number of aliphatic hydroxyl groups excluding tert-OH is 1. The predicted octanol–water partition coefficient (Wildman–Crippen LogP) is 1.13. The molecular weight excluding hydrogens is 336 g/mol. The van der Waals surface area contributed by atoms with Crippen molar-refractivity contribution in [1.82, 2.24) is 14.8 Å². The highest BCUT2D eigenvalue weighted by atomic mass is 16.3. The summed E-state index contributed by atoms with van der Waals surface area (Å²) in [4.78, 5) is 28.4. The van der Waals surface area contributed by atoms with Crippen LogP contribution in [0, 0.1) is 0 Å². The van der Waals surface area contributed by atoms with Crippen molar-refractivity contribution < 1.29 is 19.8 Å². The molecule has 0 spiro atoms. The zero-order chi connectivity index (χ0) is 19.4. The van der Waals surface area contributed by atoms with Crippen LogP contribution in [0.15, 0.2) is 18.3 Å². The minimum Gasteiger partial charge on any atom is -0.483 e. The van der Waals surface area contributed by atoms with E-state index in [4.69, 9.17) is 9.90 Å². The number of aliphatic hydroxyl groups is 1. The number of pyridine rings is 1. The summed E-state index contributed by atoms with van der Waals surface area (Å²) in [6.07, 6.45) is 6.18. The van der Waals surface area contributed by atoms with Crippen LogP contribution >= 0.6 is 0 Å². The van der Waals surface area contributed by atoms with E-state index in [0.29, 0.717) is 11.6 Å². The Balaban J connectivity index is 0.00000105. The first kappa shape index (κ1) is 21.9. The Bertz CT molecular complexity index is 536.